The molecule has 0 aliphatic heterocycles. The van der Waals surface area contributed by atoms with Crippen LogP contribution in [-0.4, -0.2) is 5.97 Å². The summed E-state index contributed by atoms with van der Waals surface area (Å²) in [5, 5.41) is 0. The van der Waals surface area contributed by atoms with Crippen LogP contribution < -0.4 is 5.73 Å². The molecule has 110 valence electrons. The number of anilines is 1. The lowest BCUT2D eigenvalue weighted by Gasteiger charge is -2.09. The fourth-order valence-corrected chi connectivity index (χ4v) is 2.07. The molecule has 0 bridgehead atoms. The van der Waals surface area contributed by atoms with Crippen molar-refractivity contribution in [3.05, 3.63) is 64.0 Å². The highest BCUT2D eigenvalue weighted by Gasteiger charge is 2.16. The molecule has 0 radical (unpaired) electrons. The van der Waals surface area contributed by atoms with Gasteiger partial charge in [0.1, 0.15) is 12.4 Å². The quantitative estimate of drug-likeness (QED) is 0.692. The van der Waals surface area contributed by atoms with Gasteiger partial charge in [0.2, 0.25) is 0 Å². The zero-order valence-electron chi connectivity index (χ0n) is 12.4. The van der Waals surface area contributed by atoms with Gasteiger partial charge in [-0.3, -0.25) is 0 Å². The molecule has 2 aromatic carbocycles. The standard InChI is InChI=1S/C17H18FNO2/c1-10-4-5-13(6-11(10)2)9-21-17(20)15-8-14(19)7-12(3)16(15)18/h4-8H,9,19H2,1-3H3. The van der Waals surface area contributed by atoms with E-state index in [4.69, 9.17) is 10.5 Å². The topological polar surface area (TPSA) is 52.3 Å². The number of halogens is 1. The van der Waals surface area contributed by atoms with Crippen LogP contribution in [0.15, 0.2) is 30.3 Å². The molecule has 2 rings (SSSR count). The van der Waals surface area contributed by atoms with Crippen molar-refractivity contribution in [2.75, 3.05) is 5.73 Å². The molecular formula is C17H18FNO2. The molecule has 0 saturated heterocycles. The number of benzene rings is 2. The third kappa shape index (κ3) is 3.40. The SMILES string of the molecule is Cc1ccc(COC(=O)c2cc(N)cc(C)c2F)cc1C. The van der Waals surface area contributed by atoms with Crippen molar-refractivity contribution in [3.63, 3.8) is 0 Å². The normalized spacial score (nSPS) is 10.5. The van der Waals surface area contributed by atoms with Crippen LogP contribution in [0.3, 0.4) is 0 Å². The summed E-state index contributed by atoms with van der Waals surface area (Å²) in [6.07, 6.45) is 0. The Morgan fingerprint density at radius 3 is 2.48 bits per heavy atom. The van der Waals surface area contributed by atoms with Gasteiger partial charge in [0, 0.05) is 5.69 Å². The van der Waals surface area contributed by atoms with Crippen LogP contribution >= 0.6 is 0 Å². The molecule has 3 nitrogen and oxygen atoms in total. The Labute approximate surface area is 123 Å². The highest BCUT2D eigenvalue weighted by atomic mass is 19.1. The molecule has 0 spiro atoms. The van der Waals surface area contributed by atoms with Gasteiger partial charge < -0.3 is 10.5 Å². The maximum absolute atomic E-state index is 13.9. The van der Waals surface area contributed by atoms with E-state index in [2.05, 4.69) is 0 Å². The summed E-state index contributed by atoms with van der Waals surface area (Å²) >= 11 is 0. The molecule has 0 amide bonds. The number of carbonyl (C=O) groups is 1. The Hall–Kier alpha value is -2.36. The fraction of sp³-hybridized carbons (Fsp3) is 0.235. The molecule has 0 aliphatic rings. The van der Waals surface area contributed by atoms with Crippen LogP contribution in [-0.2, 0) is 11.3 Å². The van der Waals surface area contributed by atoms with E-state index in [0.29, 0.717) is 11.3 Å². The summed E-state index contributed by atoms with van der Waals surface area (Å²) in [7, 11) is 0. The van der Waals surface area contributed by atoms with Crippen molar-refractivity contribution in [2.24, 2.45) is 0 Å². The van der Waals surface area contributed by atoms with Crippen LogP contribution in [0.2, 0.25) is 0 Å². The Morgan fingerprint density at radius 2 is 1.81 bits per heavy atom. The highest BCUT2D eigenvalue weighted by molar-refractivity contribution is 5.91. The van der Waals surface area contributed by atoms with Crippen LogP contribution in [0.5, 0.6) is 0 Å². The molecule has 0 saturated carbocycles. The van der Waals surface area contributed by atoms with Gasteiger partial charge in [-0.1, -0.05) is 18.2 Å². The number of nitrogen functional groups attached to an aromatic ring is 1. The molecule has 21 heavy (non-hydrogen) atoms. The number of nitrogens with two attached hydrogens (primary N) is 1. The van der Waals surface area contributed by atoms with Crippen molar-refractivity contribution in [1.29, 1.82) is 0 Å². The lowest BCUT2D eigenvalue weighted by atomic mass is 10.1. The van der Waals surface area contributed by atoms with Crippen LogP contribution in [0, 0.1) is 26.6 Å². The van der Waals surface area contributed by atoms with E-state index in [1.807, 2.05) is 32.0 Å². The molecule has 0 fully saturated rings. The molecule has 0 aliphatic carbocycles. The van der Waals surface area contributed by atoms with Crippen LogP contribution in [0.4, 0.5) is 10.1 Å². The number of ether oxygens (including phenoxy) is 1. The third-order valence-electron chi connectivity index (χ3n) is 3.44. The number of aryl methyl sites for hydroxylation is 3. The van der Waals surface area contributed by atoms with Crippen molar-refractivity contribution >= 4 is 11.7 Å². The first-order valence-electron chi connectivity index (χ1n) is 6.67. The Bertz CT molecular complexity index is 695. The molecule has 2 N–H and O–H groups in total. The molecule has 0 aromatic heterocycles. The third-order valence-corrected chi connectivity index (χ3v) is 3.44. The van der Waals surface area contributed by atoms with Gasteiger partial charge in [0.15, 0.2) is 0 Å². The van der Waals surface area contributed by atoms with Gasteiger partial charge in [-0.15, -0.1) is 0 Å². The Kier molecular flexibility index (Phi) is 4.26. The van der Waals surface area contributed by atoms with Gasteiger partial charge in [0.25, 0.3) is 0 Å². The average molecular weight is 287 g/mol. The highest BCUT2D eigenvalue weighted by Crippen LogP contribution is 2.19. The summed E-state index contributed by atoms with van der Waals surface area (Å²) in [6.45, 7) is 5.66. The molecule has 0 atom stereocenters. The monoisotopic (exact) mass is 287 g/mol. The fourth-order valence-electron chi connectivity index (χ4n) is 2.07. The lowest BCUT2D eigenvalue weighted by molar-refractivity contribution is 0.0467. The van der Waals surface area contributed by atoms with Crippen molar-refractivity contribution in [3.8, 4) is 0 Å². The van der Waals surface area contributed by atoms with Crippen LogP contribution in [0.1, 0.15) is 32.6 Å². The van der Waals surface area contributed by atoms with Gasteiger partial charge >= 0.3 is 5.97 Å². The number of carbonyl (C=O) groups excluding carboxylic acids is 1. The first kappa shape index (κ1) is 15.0. The molecular weight excluding hydrogens is 269 g/mol. The Balaban J connectivity index is 2.13. The van der Waals surface area contributed by atoms with E-state index in [-0.39, 0.29) is 12.2 Å². The summed E-state index contributed by atoms with van der Waals surface area (Å²) in [6, 6.07) is 8.57. The Morgan fingerprint density at radius 1 is 1.10 bits per heavy atom. The molecule has 0 heterocycles. The maximum Gasteiger partial charge on any atom is 0.341 e. The maximum atomic E-state index is 13.9. The number of esters is 1. The van der Waals surface area contributed by atoms with E-state index < -0.39 is 11.8 Å². The van der Waals surface area contributed by atoms with E-state index >= 15 is 0 Å². The van der Waals surface area contributed by atoms with E-state index in [9.17, 15) is 9.18 Å². The lowest BCUT2D eigenvalue weighted by Crippen LogP contribution is -2.09. The van der Waals surface area contributed by atoms with E-state index in [1.165, 1.54) is 17.7 Å². The predicted octanol–water partition coefficient (Wildman–Crippen LogP) is 3.69. The second-order valence-electron chi connectivity index (χ2n) is 5.19. The minimum atomic E-state index is -0.707. The average Bonchev–Trinajstić information content (AvgIpc) is 2.43. The first-order chi connectivity index (χ1) is 9.88. The minimum absolute atomic E-state index is 0.104. The number of rotatable bonds is 3. The smallest absolute Gasteiger partial charge is 0.341 e. The predicted molar refractivity (Wildman–Crippen MR) is 80.6 cm³/mol. The second-order valence-corrected chi connectivity index (χ2v) is 5.19. The second kappa shape index (κ2) is 5.95. The van der Waals surface area contributed by atoms with Gasteiger partial charge in [-0.25, -0.2) is 9.18 Å². The van der Waals surface area contributed by atoms with Crippen molar-refractivity contribution in [2.45, 2.75) is 27.4 Å². The van der Waals surface area contributed by atoms with Gasteiger partial charge in [-0.2, -0.15) is 0 Å². The summed E-state index contributed by atoms with van der Waals surface area (Å²) in [5.74, 6) is -1.30. The summed E-state index contributed by atoms with van der Waals surface area (Å²) in [5.41, 5.74) is 9.33. The van der Waals surface area contributed by atoms with Gasteiger partial charge in [-0.05, 0) is 55.2 Å². The molecule has 4 heteroatoms. The largest absolute Gasteiger partial charge is 0.457 e. The first-order valence-corrected chi connectivity index (χ1v) is 6.67. The van der Waals surface area contributed by atoms with Gasteiger partial charge in [0.05, 0.1) is 5.56 Å². The zero-order chi connectivity index (χ0) is 15.6. The minimum Gasteiger partial charge on any atom is -0.457 e. The van der Waals surface area contributed by atoms with Crippen molar-refractivity contribution < 1.29 is 13.9 Å². The number of hydrogen-bond donors (Lipinski definition) is 1. The summed E-state index contributed by atoms with van der Waals surface area (Å²) < 4.78 is 19.1. The zero-order valence-corrected chi connectivity index (χ0v) is 12.4. The van der Waals surface area contributed by atoms with Crippen molar-refractivity contribution in [1.82, 2.24) is 0 Å². The molecule has 2 aromatic rings. The van der Waals surface area contributed by atoms with E-state index in [0.717, 1.165) is 11.1 Å². The van der Waals surface area contributed by atoms with Crippen LogP contribution in [0.25, 0.3) is 0 Å². The number of hydrogen-bond acceptors (Lipinski definition) is 3. The molecule has 0 unspecified atom stereocenters. The summed E-state index contributed by atoms with van der Waals surface area (Å²) in [4.78, 5) is 12.0. The van der Waals surface area contributed by atoms with E-state index in [1.54, 1.807) is 6.92 Å².